The standard InChI is InChI=1S/C12H13BrN4O/c1-7-10(14)11(17(2)16-7)15-12(18)8-4-3-5-9(13)6-8/h3-6H,14H2,1-2H3,(H,15,18). The van der Waals surface area contributed by atoms with E-state index in [4.69, 9.17) is 5.73 Å². The number of hydrogen-bond acceptors (Lipinski definition) is 3. The van der Waals surface area contributed by atoms with Crippen molar-refractivity contribution in [3.8, 4) is 0 Å². The van der Waals surface area contributed by atoms with Gasteiger partial charge in [-0.05, 0) is 25.1 Å². The number of carbonyl (C=O) groups excluding carboxylic acids is 1. The first kappa shape index (κ1) is 12.6. The molecule has 3 N–H and O–H groups in total. The summed E-state index contributed by atoms with van der Waals surface area (Å²) in [5.41, 5.74) is 7.59. The van der Waals surface area contributed by atoms with E-state index in [0.717, 1.165) is 4.47 Å². The lowest BCUT2D eigenvalue weighted by Gasteiger charge is -2.06. The molecule has 0 saturated heterocycles. The molecule has 0 spiro atoms. The molecular weight excluding hydrogens is 296 g/mol. The molecule has 5 nitrogen and oxygen atoms in total. The fraction of sp³-hybridized carbons (Fsp3) is 0.167. The Hall–Kier alpha value is -1.82. The van der Waals surface area contributed by atoms with E-state index in [1.165, 1.54) is 0 Å². The van der Waals surface area contributed by atoms with E-state index in [1.807, 2.05) is 6.07 Å². The topological polar surface area (TPSA) is 72.9 Å². The molecule has 0 aliphatic heterocycles. The van der Waals surface area contributed by atoms with Gasteiger partial charge in [-0.25, -0.2) is 0 Å². The number of nitrogen functional groups attached to an aromatic ring is 1. The second kappa shape index (κ2) is 4.81. The molecule has 0 atom stereocenters. The molecule has 0 unspecified atom stereocenters. The van der Waals surface area contributed by atoms with Gasteiger partial charge in [0, 0.05) is 17.1 Å². The van der Waals surface area contributed by atoms with Crippen LogP contribution in [0.5, 0.6) is 0 Å². The normalized spacial score (nSPS) is 10.4. The molecule has 2 aromatic rings. The number of carbonyl (C=O) groups is 1. The third kappa shape index (κ3) is 2.38. The third-order valence-corrected chi connectivity index (χ3v) is 3.08. The Morgan fingerprint density at radius 2 is 2.22 bits per heavy atom. The number of nitrogens with two attached hydrogens (primary N) is 1. The van der Waals surface area contributed by atoms with E-state index < -0.39 is 0 Å². The lowest BCUT2D eigenvalue weighted by atomic mass is 10.2. The van der Waals surface area contributed by atoms with E-state index in [-0.39, 0.29) is 5.91 Å². The van der Waals surface area contributed by atoms with Crippen LogP contribution in [0.4, 0.5) is 11.5 Å². The van der Waals surface area contributed by atoms with Crippen LogP contribution in [0.15, 0.2) is 28.7 Å². The average molecular weight is 309 g/mol. The minimum atomic E-state index is -0.217. The van der Waals surface area contributed by atoms with Crippen molar-refractivity contribution in [2.24, 2.45) is 7.05 Å². The minimum absolute atomic E-state index is 0.217. The van der Waals surface area contributed by atoms with Gasteiger partial charge in [-0.2, -0.15) is 5.10 Å². The van der Waals surface area contributed by atoms with Crippen molar-refractivity contribution in [3.05, 3.63) is 40.0 Å². The monoisotopic (exact) mass is 308 g/mol. The highest BCUT2D eigenvalue weighted by molar-refractivity contribution is 9.10. The van der Waals surface area contributed by atoms with Gasteiger partial charge in [0.1, 0.15) is 0 Å². The number of benzene rings is 1. The second-order valence-corrected chi connectivity index (χ2v) is 4.85. The number of rotatable bonds is 2. The zero-order valence-corrected chi connectivity index (χ0v) is 11.7. The van der Waals surface area contributed by atoms with Crippen LogP contribution in [-0.4, -0.2) is 15.7 Å². The number of aryl methyl sites for hydroxylation is 2. The fourth-order valence-electron chi connectivity index (χ4n) is 1.63. The first-order chi connectivity index (χ1) is 8.49. The highest BCUT2D eigenvalue weighted by Gasteiger charge is 2.14. The number of aromatic nitrogens is 2. The summed E-state index contributed by atoms with van der Waals surface area (Å²) in [6.07, 6.45) is 0. The summed E-state index contributed by atoms with van der Waals surface area (Å²) in [5.74, 6) is 0.295. The summed E-state index contributed by atoms with van der Waals surface area (Å²) < 4.78 is 2.41. The van der Waals surface area contributed by atoms with Crippen LogP contribution in [0.1, 0.15) is 16.1 Å². The van der Waals surface area contributed by atoms with E-state index in [1.54, 1.807) is 36.9 Å². The SMILES string of the molecule is Cc1nn(C)c(NC(=O)c2cccc(Br)c2)c1N. The first-order valence-corrected chi connectivity index (χ1v) is 6.14. The summed E-state index contributed by atoms with van der Waals surface area (Å²) >= 11 is 3.33. The number of nitrogens with zero attached hydrogens (tertiary/aromatic N) is 2. The Bertz CT molecular complexity index is 606. The van der Waals surface area contributed by atoms with Gasteiger partial charge in [-0.1, -0.05) is 22.0 Å². The smallest absolute Gasteiger partial charge is 0.256 e. The molecule has 94 valence electrons. The third-order valence-electron chi connectivity index (χ3n) is 2.59. The van der Waals surface area contributed by atoms with Crippen LogP contribution in [0.2, 0.25) is 0 Å². The van der Waals surface area contributed by atoms with Crippen molar-refractivity contribution in [3.63, 3.8) is 0 Å². The minimum Gasteiger partial charge on any atom is -0.394 e. The number of halogens is 1. The molecule has 1 heterocycles. The van der Waals surface area contributed by atoms with Gasteiger partial charge >= 0.3 is 0 Å². The van der Waals surface area contributed by atoms with Crippen molar-refractivity contribution in [2.45, 2.75) is 6.92 Å². The number of amides is 1. The Kier molecular flexibility index (Phi) is 3.38. The van der Waals surface area contributed by atoms with Crippen LogP contribution in [0.3, 0.4) is 0 Å². The summed E-state index contributed by atoms with van der Waals surface area (Å²) in [4.78, 5) is 12.1. The molecule has 18 heavy (non-hydrogen) atoms. The molecule has 0 saturated carbocycles. The maximum atomic E-state index is 12.1. The molecule has 1 aromatic carbocycles. The van der Waals surface area contributed by atoms with Gasteiger partial charge in [-0.15, -0.1) is 0 Å². The van der Waals surface area contributed by atoms with E-state index >= 15 is 0 Å². The lowest BCUT2D eigenvalue weighted by molar-refractivity contribution is 0.102. The van der Waals surface area contributed by atoms with Crippen LogP contribution < -0.4 is 11.1 Å². The largest absolute Gasteiger partial charge is 0.394 e. The van der Waals surface area contributed by atoms with Crippen molar-refractivity contribution in [1.29, 1.82) is 0 Å². The molecule has 1 amide bonds. The molecule has 6 heteroatoms. The van der Waals surface area contributed by atoms with Gasteiger partial charge in [0.15, 0.2) is 5.82 Å². The predicted molar refractivity (Wildman–Crippen MR) is 74.5 cm³/mol. The van der Waals surface area contributed by atoms with Crippen LogP contribution in [0, 0.1) is 6.92 Å². The number of anilines is 2. The Morgan fingerprint density at radius 3 is 2.78 bits per heavy atom. The van der Waals surface area contributed by atoms with Crippen LogP contribution in [0.25, 0.3) is 0 Å². The first-order valence-electron chi connectivity index (χ1n) is 5.35. The highest BCUT2D eigenvalue weighted by Crippen LogP contribution is 2.22. The maximum absolute atomic E-state index is 12.1. The molecule has 0 aliphatic rings. The van der Waals surface area contributed by atoms with E-state index in [2.05, 4.69) is 26.3 Å². The van der Waals surface area contributed by atoms with E-state index in [9.17, 15) is 4.79 Å². The number of nitrogens with one attached hydrogen (secondary N) is 1. The van der Waals surface area contributed by atoms with Gasteiger partial charge in [0.2, 0.25) is 0 Å². The Balaban J connectivity index is 2.27. The summed E-state index contributed by atoms with van der Waals surface area (Å²) in [5, 5.41) is 6.90. The highest BCUT2D eigenvalue weighted by atomic mass is 79.9. The van der Waals surface area contributed by atoms with Gasteiger partial charge in [0.05, 0.1) is 11.4 Å². The Morgan fingerprint density at radius 1 is 1.50 bits per heavy atom. The number of hydrogen-bond donors (Lipinski definition) is 2. The summed E-state index contributed by atoms with van der Waals surface area (Å²) in [6, 6.07) is 7.14. The molecule has 0 radical (unpaired) electrons. The fourth-order valence-corrected chi connectivity index (χ4v) is 2.03. The average Bonchev–Trinajstić information content (AvgIpc) is 2.56. The van der Waals surface area contributed by atoms with Gasteiger partial charge in [-0.3, -0.25) is 9.48 Å². The van der Waals surface area contributed by atoms with Crippen LogP contribution in [-0.2, 0) is 7.05 Å². The lowest BCUT2D eigenvalue weighted by Crippen LogP contribution is -2.15. The summed E-state index contributed by atoms with van der Waals surface area (Å²) in [7, 11) is 1.74. The van der Waals surface area contributed by atoms with Crippen molar-refractivity contribution >= 4 is 33.3 Å². The van der Waals surface area contributed by atoms with Crippen molar-refractivity contribution in [2.75, 3.05) is 11.1 Å². The van der Waals surface area contributed by atoms with Crippen molar-refractivity contribution < 1.29 is 4.79 Å². The quantitative estimate of drug-likeness (QED) is 0.894. The predicted octanol–water partition coefficient (Wildman–Crippen LogP) is 2.33. The van der Waals surface area contributed by atoms with E-state index in [0.29, 0.717) is 22.8 Å². The molecule has 1 aromatic heterocycles. The molecule has 0 bridgehead atoms. The maximum Gasteiger partial charge on any atom is 0.256 e. The molecule has 0 fully saturated rings. The zero-order valence-electron chi connectivity index (χ0n) is 10.1. The second-order valence-electron chi connectivity index (χ2n) is 3.94. The molecule has 2 rings (SSSR count). The summed E-state index contributed by atoms with van der Waals surface area (Å²) in [6.45, 7) is 1.80. The zero-order chi connectivity index (χ0) is 13.3. The van der Waals surface area contributed by atoms with Gasteiger partial charge in [0.25, 0.3) is 5.91 Å². The molecule has 0 aliphatic carbocycles. The Labute approximate surface area is 113 Å². The van der Waals surface area contributed by atoms with Crippen molar-refractivity contribution in [1.82, 2.24) is 9.78 Å². The molecular formula is C12H13BrN4O. The van der Waals surface area contributed by atoms with Crippen LogP contribution >= 0.6 is 15.9 Å². The van der Waals surface area contributed by atoms with Gasteiger partial charge < -0.3 is 11.1 Å².